The van der Waals surface area contributed by atoms with Crippen molar-refractivity contribution in [2.45, 2.75) is 38.1 Å². The number of pyridine rings is 1. The lowest BCUT2D eigenvalue weighted by molar-refractivity contribution is 0.462. The molecule has 1 aliphatic carbocycles. The molecule has 0 aliphatic heterocycles. The van der Waals surface area contributed by atoms with E-state index < -0.39 is 0 Å². The smallest absolute Gasteiger partial charge is 0.126 e. The van der Waals surface area contributed by atoms with Gasteiger partial charge in [0.15, 0.2) is 0 Å². The van der Waals surface area contributed by atoms with Gasteiger partial charge in [-0.1, -0.05) is 19.3 Å². The van der Waals surface area contributed by atoms with Gasteiger partial charge in [-0.05, 0) is 25.0 Å². The molecular weight excluding hydrogens is 200 g/mol. The highest BCUT2D eigenvalue weighted by Crippen LogP contribution is 2.20. The highest BCUT2D eigenvalue weighted by Gasteiger charge is 2.13. The molecule has 1 fully saturated rings. The molecular formula is C12H18N4. The zero-order valence-corrected chi connectivity index (χ0v) is 9.37. The van der Waals surface area contributed by atoms with E-state index in [0.717, 1.165) is 5.82 Å². The number of rotatable bonds is 3. The maximum atomic E-state index is 7.28. The van der Waals surface area contributed by atoms with E-state index >= 15 is 0 Å². The van der Waals surface area contributed by atoms with Crippen molar-refractivity contribution in [3.63, 3.8) is 0 Å². The van der Waals surface area contributed by atoms with E-state index in [-0.39, 0.29) is 5.84 Å². The summed E-state index contributed by atoms with van der Waals surface area (Å²) in [5.41, 5.74) is 6.05. The number of amidine groups is 1. The van der Waals surface area contributed by atoms with E-state index in [1.165, 1.54) is 32.1 Å². The first-order valence-corrected chi connectivity index (χ1v) is 5.83. The van der Waals surface area contributed by atoms with Crippen LogP contribution in [0.1, 0.15) is 37.7 Å². The van der Waals surface area contributed by atoms with Crippen molar-refractivity contribution in [2.75, 3.05) is 5.32 Å². The van der Waals surface area contributed by atoms with E-state index in [2.05, 4.69) is 10.3 Å². The molecule has 1 aromatic heterocycles. The molecule has 2 rings (SSSR count). The van der Waals surface area contributed by atoms with Crippen LogP contribution >= 0.6 is 0 Å². The Kier molecular flexibility index (Phi) is 3.39. The van der Waals surface area contributed by atoms with Crippen molar-refractivity contribution in [3.05, 3.63) is 23.9 Å². The van der Waals surface area contributed by atoms with Crippen molar-refractivity contribution in [1.82, 2.24) is 4.98 Å². The van der Waals surface area contributed by atoms with Gasteiger partial charge in [0.2, 0.25) is 0 Å². The predicted molar refractivity (Wildman–Crippen MR) is 65.7 cm³/mol. The molecule has 1 aliphatic rings. The number of anilines is 1. The van der Waals surface area contributed by atoms with E-state index in [1.54, 1.807) is 6.20 Å². The number of hydrogen-bond acceptors (Lipinski definition) is 3. The van der Waals surface area contributed by atoms with Crippen LogP contribution in [0.2, 0.25) is 0 Å². The van der Waals surface area contributed by atoms with Crippen molar-refractivity contribution >= 4 is 11.7 Å². The largest absolute Gasteiger partial charge is 0.384 e. The molecule has 0 unspecified atom stereocenters. The second-order valence-electron chi connectivity index (χ2n) is 4.33. The van der Waals surface area contributed by atoms with Gasteiger partial charge in [-0.2, -0.15) is 0 Å². The van der Waals surface area contributed by atoms with Crippen LogP contribution in [0.5, 0.6) is 0 Å². The predicted octanol–water partition coefficient (Wildman–Crippen LogP) is 2.11. The van der Waals surface area contributed by atoms with Crippen molar-refractivity contribution in [3.8, 4) is 0 Å². The topological polar surface area (TPSA) is 74.8 Å². The van der Waals surface area contributed by atoms with E-state index in [4.69, 9.17) is 11.1 Å². The van der Waals surface area contributed by atoms with E-state index in [0.29, 0.717) is 11.6 Å². The summed E-state index contributed by atoms with van der Waals surface area (Å²) in [7, 11) is 0. The molecule has 0 radical (unpaired) electrons. The number of nitrogens with zero attached hydrogens (tertiary/aromatic N) is 1. The van der Waals surface area contributed by atoms with Crippen LogP contribution in [0.25, 0.3) is 0 Å². The standard InChI is InChI=1S/C12H18N4/c13-12(14)9-6-7-11(15-8-9)16-10-4-2-1-3-5-10/h6-8,10H,1-5H2,(H3,13,14)(H,15,16). The summed E-state index contributed by atoms with van der Waals surface area (Å²) in [6.07, 6.45) is 8.08. The van der Waals surface area contributed by atoms with Crippen LogP contribution in [0.4, 0.5) is 5.82 Å². The van der Waals surface area contributed by atoms with Gasteiger partial charge in [-0.15, -0.1) is 0 Å². The molecule has 4 nitrogen and oxygen atoms in total. The van der Waals surface area contributed by atoms with Crippen LogP contribution in [-0.2, 0) is 0 Å². The molecule has 0 atom stereocenters. The van der Waals surface area contributed by atoms with Gasteiger partial charge < -0.3 is 11.1 Å². The lowest BCUT2D eigenvalue weighted by atomic mass is 9.95. The Balaban J connectivity index is 1.96. The van der Waals surface area contributed by atoms with Crippen LogP contribution in [0.3, 0.4) is 0 Å². The van der Waals surface area contributed by atoms with Gasteiger partial charge in [-0.3, -0.25) is 5.41 Å². The molecule has 0 aromatic carbocycles. The second kappa shape index (κ2) is 4.96. The Morgan fingerprint density at radius 3 is 2.62 bits per heavy atom. The van der Waals surface area contributed by atoms with E-state index in [1.807, 2.05) is 12.1 Å². The lowest BCUT2D eigenvalue weighted by Gasteiger charge is -2.23. The summed E-state index contributed by atoms with van der Waals surface area (Å²) >= 11 is 0. The maximum Gasteiger partial charge on any atom is 0.126 e. The van der Waals surface area contributed by atoms with Gasteiger partial charge in [0.25, 0.3) is 0 Å². The third kappa shape index (κ3) is 2.72. The average Bonchev–Trinajstić information content (AvgIpc) is 2.31. The van der Waals surface area contributed by atoms with Crippen LogP contribution in [0, 0.1) is 5.41 Å². The molecule has 1 heterocycles. The van der Waals surface area contributed by atoms with Crippen molar-refractivity contribution in [2.24, 2.45) is 5.73 Å². The Morgan fingerprint density at radius 2 is 2.06 bits per heavy atom. The van der Waals surface area contributed by atoms with Gasteiger partial charge in [-0.25, -0.2) is 4.98 Å². The quantitative estimate of drug-likeness (QED) is 0.537. The fourth-order valence-electron chi connectivity index (χ4n) is 2.09. The molecule has 1 aromatic rings. The second-order valence-corrected chi connectivity index (χ2v) is 4.33. The summed E-state index contributed by atoms with van der Waals surface area (Å²) < 4.78 is 0. The minimum Gasteiger partial charge on any atom is -0.384 e. The number of nitrogens with two attached hydrogens (primary N) is 1. The number of nitrogens with one attached hydrogen (secondary N) is 2. The Morgan fingerprint density at radius 1 is 1.31 bits per heavy atom. The molecule has 0 spiro atoms. The Labute approximate surface area is 95.8 Å². The highest BCUT2D eigenvalue weighted by atomic mass is 15.0. The monoisotopic (exact) mass is 218 g/mol. The summed E-state index contributed by atoms with van der Waals surface area (Å²) in [5, 5.41) is 10.7. The zero-order chi connectivity index (χ0) is 11.4. The zero-order valence-electron chi connectivity index (χ0n) is 9.37. The average molecular weight is 218 g/mol. The molecule has 1 saturated carbocycles. The minimum atomic E-state index is 0.0664. The molecule has 0 amide bonds. The highest BCUT2D eigenvalue weighted by molar-refractivity contribution is 5.94. The summed E-state index contributed by atoms with van der Waals surface area (Å²) in [6.45, 7) is 0. The van der Waals surface area contributed by atoms with Gasteiger partial charge in [0.1, 0.15) is 11.7 Å². The summed E-state index contributed by atoms with van der Waals surface area (Å²) in [4.78, 5) is 4.26. The van der Waals surface area contributed by atoms with Crippen molar-refractivity contribution < 1.29 is 0 Å². The third-order valence-corrected chi connectivity index (χ3v) is 3.03. The summed E-state index contributed by atoms with van der Waals surface area (Å²) in [6, 6.07) is 4.29. The van der Waals surface area contributed by atoms with Gasteiger partial charge in [0.05, 0.1) is 0 Å². The third-order valence-electron chi connectivity index (χ3n) is 3.03. The molecule has 4 heteroatoms. The molecule has 86 valence electrons. The fraction of sp³-hybridized carbons (Fsp3) is 0.500. The van der Waals surface area contributed by atoms with Crippen molar-refractivity contribution in [1.29, 1.82) is 5.41 Å². The molecule has 0 saturated heterocycles. The SMILES string of the molecule is N=C(N)c1ccc(NC2CCCCC2)nc1. The Bertz CT molecular complexity index is 352. The van der Waals surface area contributed by atoms with Crippen LogP contribution in [0.15, 0.2) is 18.3 Å². The number of aromatic nitrogens is 1. The first kappa shape index (κ1) is 10.9. The molecule has 0 bridgehead atoms. The summed E-state index contributed by atoms with van der Waals surface area (Å²) in [5.74, 6) is 0.952. The maximum absolute atomic E-state index is 7.28. The van der Waals surface area contributed by atoms with E-state index in [9.17, 15) is 0 Å². The minimum absolute atomic E-state index is 0.0664. The van der Waals surface area contributed by atoms with Gasteiger partial charge in [0, 0.05) is 17.8 Å². The normalized spacial score (nSPS) is 17.0. The number of hydrogen-bond donors (Lipinski definition) is 3. The van der Waals surface area contributed by atoms with Gasteiger partial charge >= 0.3 is 0 Å². The first-order valence-electron chi connectivity index (χ1n) is 5.83. The Hall–Kier alpha value is -1.58. The fourth-order valence-corrected chi connectivity index (χ4v) is 2.09. The van der Waals surface area contributed by atoms with Crippen LogP contribution in [-0.4, -0.2) is 16.9 Å². The molecule has 16 heavy (non-hydrogen) atoms. The first-order chi connectivity index (χ1) is 7.75. The van der Waals surface area contributed by atoms with Crippen LogP contribution < -0.4 is 11.1 Å². The number of nitrogen functional groups attached to an aromatic ring is 1. The lowest BCUT2D eigenvalue weighted by Crippen LogP contribution is -2.22. The molecule has 4 N–H and O–H groups in total.